The molecule has 0 aliphatic carbocycles. The molecule has 1 aromatic rings. The van der Waals surface area contributed by atoms with Gasteiger partial charge in [-0.2, -0.15) is 0 Å². The van der Waals surface area contributed by atoms with Gasteiger partial charge in [0.05, 0.1) is 7.11 Å². The Morgan fingerprint density at radius 2 is 2.29 bits per heavy atom. The second-order valence-corrected chi connectivity index (χ2v) is 5.32. The molecule has 1 aliphatic rings. The number of aromatic hydroxyl groups is 1. The third-order valence-electron chi connectivity index (χ3n) is 3.72. The van der Waals surface area contributed by atoms with Gasteiger partial charge in [-0.15, -0.1) is 12.4 Å². The lowest BCUT2D eigenvalue weighted by molar-refractivity contribution is -0.131. The molecule has 0 spiro atoms. The average molecular weight is 315 g/mol. The summed E-state index contributed by atoms with van der Waals surface area (Å²) in [5.74, 6) is 1.16. The zero-order valence-corrected chi connectivity index (χ0v) is 13.3. The topological polar surface area (TPSA) is 61.8 Å². The Balaban J connectivity index is 0.00000220. The molecule has 0 radical (unpaired) electrons. The quantitative estimate of drug-likeness (QED) is 0.869. The number of phenols is 1. The molecule has 2 rings (SSSR count). The van der Waals surface area contributed by atoms with Crippen molar-refractivity contribution in [2.45, 2.75) is 19.4 Å². The van der Waals surface area contributed by atoms with E-state index in [1.54, 1.807) is 23.1 Å². The molecule has 5 nitrogen and oxygen atoms in total. The lowest BCUT2D eigenvalue weighted by Crippen LogP contribution is -2.28. The summed E-state index contributed by atoms with van der Waals surface area (Å²) in [5, 5.41) is 12.8. The van der Waals surface area contributed by atoms with Crippen LogP contribution in [-0.2, 0) is 11.3 Å². The number of amides is 1. The molecule has 1 fully saturated rings. The van der Waals surface area contributed by atoms with Crippen LogP contribution in [0.2, 0.25) is 0 Å². The maximum Gasteiger partial charge on any atom is 0.222 e. The first-order chi connectivity index (χ1) is 9.60. The molecule has 0 bridgehead atoms. The van der Waals surface area contributed by atoms with Gasteiger partial charge in [-0.25, -0.2) is 0 Å². The minimum Gasteiger partial charge on any atom is -0.504 e. The van der Waals surface area contributed by atoms with Crippen molar-refractivity contribution in [3.63, 3.8) is 0 Å². The van der Waals surface area contributed by atoms with Crippen LogP contribution in [0.1, 0.15) is 18.4 Å². The van der Waals surface area contributed by atoms with Crippen LogP contribution >= 0.6 is 12.4 Å². The van der Waals surface area contributed by atoms with Crippen LogP contribution in [0, 0.1) is 5.92 Å². The van der Waals surface area contributed by atoms with E-state index in [1.165, 1.54) is 7.11 Å². The number of rotatable bonds is 5. The molecule has 0 saturated carbocycles. The van der Waals surface area contributed by atoms with Gasteiger partial charge in [0.25, 0.3) is 0 Å². The molecule has 1 aliphatic heterocycles. The summed E-state index contributed by atoms with van der Waals surface area (Å²) in [5.41, 5.74) is 0.944. The van der Waals surface area contributed by atoms with E-state index in [-0.39, 0.29) is 24.1 Å². The SMILES string of the molecule is COc1cc(CN(C)C(=O)CC2CCNC2)ccc1O.Cl. The van der Waals surface area contributed by atoms with Gasteiger partial charge in [-0.05, 0) is 43.1 Å². The summed E-state index contributed by atoms with van der Waals surface area (Å²) in [6.07, 6.45) is 1.67. The van der Waals surface area contributed by atoms with E-state index < -0.39 is 0 Å². The van der Waals surface area contributed by atoms with Crippen molar-refractivity contribution in [3.05, 3.63) is 23.8 Å². The van der Waals surface area contributed by atoms with E-state index >= 15 is 0 Å². The van der Waals surface area contributed by atoms with Crippen molar-refractivity contribution >= 4 is 18.3 Å². The number of benzene rings is 1. The fourth-order valence-corrected chi connectivity index (χ4v) is 2.47. The summed E-state index contributed by atoms with van der Waals surface area (Å²) in [6, 6.07) is 5.16. The van der Waals surface area contributed by atoms with E-state index in [4.69, 9.17) is 4.74 Å². The Labute approximate surface area is 131 Å². The van der Waals surface area contributed by atoms with E-state index in [0.29, 0.717) is 24.6 Å². The predicted molar refractivity (Wildman–Crippen MR) is 84.0 cm³/mol. The Bertz CT molecular complexity index is 476. The summed E-state index contributed by atoms with van der Waals surface area (Å²) in [6.45, 7) is 2.47. The first-order valence-electron chi connectivity index (χ1n) is 6.90. The maximum atomic E-state index is 12.1. The summed E-state index contributed by atoms with van der Waals surface area (Å²) in [7, 11) is 3.32. The van der Waals surface area contributed by atoms with Crippen molar-refractivity contribution in [3.8, 4) is 11.5 Å². The summed E-state index contributed by atoms with van der Waals surface area (Å²) < 4.78 is 5.07. The van der Waals surface area contributed by atoms with Crippen molar-refractivity contribution in [1.82, 2.24) is 10.2 Å². The van der Waals surface area contributed by atoms with Crippen LogP contribution in [-0.4, -0.2) is 43.2 Å². The molecule has 2 N–H and O–H groups in total. The molecule has 1 atom stereocenters. The van der Waals surface area contributed by atoms with Gasteiger partial charge in [-0.1, -0.05) is 6.07 Å². The predicted octanol–water partition coefficient (Wildman–Crippen LogP) is 1.78. The molecule has 1 amide bonds. The first-order valence-corrected chi connectivity index (χ1v) is 6.90. The van der Waals surface area contributed by atoms with Crippen LogP contribution in [0.15, 0.2) is 18.2 Å². The minimum atomic E-state index is 0. The number of nitrogens with one attached hydrogen (secondary N) is 1. The Hall–Kier alpha value is -1.46. The molecular formula is C15H23ClN2O3. The Kier molecular flexibility index (Phi) is 6.78. The largest absolute Gasteiger partial charge is 0.504 e. The second kappa shape index (κ2) is 8.10. The number of carbonyl (C=O) groups is 1. The maximum absolute atomic E-state index is 12.1. The van der Waals surface area contributed by atoms with Gasteiger partial charge in [0, 0.05) is 20.0 Å². The van der Waals surface area contributed by atoms with Crippen LogP contribution < -0.4 is 10.1 Å². The first kappa shape index (κ1) is 17.6. The number of carbonyl (C=O) groups excluding carboxylic acids is 1. The van der Waals surface area contributed by atoms with Crippen molar-refractivity contribution in [2.75, 3.05) is 27.2 Å². The smallest absolute Gasteiger partial charge is 0.222 e. The summed E-state index contributed by atoms with van der Waals surface area (Å²) >= 11 is 0. The molecule has 1 heterocycles. The Morgan fingerprint density at radius 3 is 2.90 bits per heavy atom. The Morgan fingerprint density at radius 1 is 1.52 bits per heavy atom. The highest BCUT2D eigenvalue weighted by molar-refractivity contribution is 5.85. The van der Waals surface area contributed by atoms with Crippen LogP contribution in [0.5, 0.6) is 11.5 Å². The van der Waals surface area contributed by atoms with Gasteiger partial charge in [0.15, 0.2) is 11.5 Å². The standard InChI is InChI=1S/C15H22N2O3.ClH/c1-17(15(19)8-11-5-6-16-9-11)10-12-3-4-13(18)14(7-12)20-2;/h3-4,7,11,16,18H,5-6,8-10H2,1-2H3;1H. The van der Waals surface area contributed by atoms with Gasteiger partial charge >= 0.3 is 0 Å². The monoisotopic (exact) mass is 314 g/mol. The molecule has 0 aromatic heterocycles. The molecule has 118 valence electrons. The normalized spacial score (nSPS) is 17.1. The van der Waals surface area contributed by atoms with Gasteiger partial charge in [-0.3, -0.25) is 4.79 Å². The third kappa shape index (κ3) is 4.79. The van der Waals surface area contributed by atoms with Gasteiger partial charge < -0.3 is 20.1 Å². The van der Waals surface area contributed by atoms with Crippen LogP contribution in [0.25, 0.3) is 0 Å². The van der Waals surface area contributed by atoms with E-state index in [1.807, 2.05) is 7.05 Å². The van der Waals surface area contributed by atoms with E-state index in [2.05, 4.69) is 5.32 Å². The molecule has 1 aromatic carbocycles. The number of ether oxygens (including phenoxy) is 1. The highest BCUT2D eigenvalue weighted by Crippen LogP contribution is 2.26. The van der Waals surface area contributed by atoms with E-state index in [0.717, 1.165) is 25.1 Å². The van der Waals surface area contributed by atoms with E-state index in [9.17, 15) is 9.90 Å². The number of hydrogen-bond acceptors (Lipinski definition) is 4. The highest BCUT2D eigenvalue weighted by atomic mass is 35.5. The number of halogens is 1. The lowest BCUT2D eigenvalue weighted by Gasteiger charge is -2.19. The fraction of sp³-hybridized carbons (Fsp3) is 0.533. The molecule has 1 saturated heterocycles. The second-order valence-electron chi connectivity index (χ2n) is 5.32. The molecule has 1 unspecified atom stereocenters. The minimum absolute atomic E-state index is 0. The van der Waals surface area contributed by atoms with Crippen LogP contribution in [0.4, 0.5) is 0 Å². The zero-order valence-electron chi connectivity index (χ0n) is 12.5. The average Bonchev–Trinajstić information content (AvgIpc) is 2.93. The molecule has 6 heteroatoms. The summed E-state index contributed by atoms with van der Waals surface area (Å²) in [4.78, 5) is 13.9. The zero-order chi connectivity index (χ0) is 14.5. The van der Waals surface area contributed by atoms with Gasteiger partial charge in [0.2, 0.25) is 5.91 Å². The van der Waals surface area contributed by atoms with Gasteiger partial charge in [0.1, 0.15) is 0 Å². The van der Waals surface area contributed by atoms with Crippen molar-refractivity contribution in [2.24, 2.45) is 5.92 Å². The lowest BCUT2D eigenvalue weighted by atomic mass is 10.0. The molecular weight excluding hydrogens is 292 g/mol. The molecule has 21 heavy (non-hydrogen) atoms. The highest BCUT2D eigenvalue weighted by Gasteiger charge is 2.20. The van der Waals surface area contributed by atoms with Crippen molar-refractivity contribution < 1.29 is 14.6 Å². The third-order valence-corrected chi connectivity index (χ3v) is 3.72. The fourth-order valence-electron chi connectivity index (χ4n) is 2.47. The number of nitrogens with zero attached hydrogens (tertiary/aromatic N) is 1. The number of phenolic OH excluding ortho intramolecular Hbond substituents is 1. The van der Waals surface area contributed by atoms with Crippen molar-refractivity contribution in [1.29, 1.82) is 0 Å². The number of methoxy groups -OCH3 is 1. The van der Waals surface area contributed by atoms with Crippen LogP contribution in [0.3, 0.4) is 0 Å². The number of hydrogen-bond donors (Lipinski definition) is 2.